The summed E-state index contributed by atoms with van der Waals surface area (Å²) in [6.07, 6.45) is 4.67. The van der Waals surface area contributed by atoms with Gasteiger partial charge in [-0.05, 0) is 64.4 Å². The Labute approximate surface area is 164 Å². The van der Waals surface area contributed by atoms with Gasteiger partial charge in [-0.15, -0.1) is 0 Å². The van der Waals surface area contributed by atoms with E-state index in [2.05, 4.69) is 71.8 Å². The van der Waals surface area contributed by atoms with Gasteiger partial charge in [-0.25, -0.2) is 0 Å². The molecule has 1 heterocycles. The second-order valence-electron chi connectivity index (χ2n) is 7.98. The molecule has 0 radical (unpaired) electrons. The number of thioether (sulfide) groups is 1. The largest absolute Gasteiger partial charge is 0.356 e. The molecule has 1 aliphatic heterocycles. The van der Waals surface area contributed by atoms with Crippen molar-refractivity contribution in [3.8, 4) is 0 Å². The first-order valence-corrected chi connectivity index (χ1v) is 10.9. The normalized spacial score (nSPS) is 17.3. The molecule has 0 amide bonds. The Hall–Kier alpha value is -1.20. The predicted molar refractivity (Wildman–Crippen MR) is 116 cm³/mol. The van der Waals surface area contributed by atoms with Crippen LogP contribution in [-0.4, -0.2) is 55.1 Å². The average Bonchev–Trinajstić information content (AvgIpc) is 2.65. The smallest absolute Gasteiger partial charge is 0.191 e. The lowest BCUT2D eigenvalue weighted by atomic mass is 9.96. The van der Waals surface area contributed by atoms with E-state index in [1.54, 1.807) is 0 Å². The molecule has 0 saturated carbocycles. The summed E-state index contributed by atoms with van der Waals surface area (Å²) in [7, 11) is 1.85. The second kappa shape index (κ2) is 10.2. The fourth-order valence-corrected chi connectivity index (χ4v) is 3.35. The summed E-state index contributed by atoms with van der Waals surface area (Å²) in [5.41, 5.74) is 2.76. The molecule has 1 saturated heterocycles. The van der Waals surface area contributed by atoms with Crippen LogP contribution in [0.4, 0.5) is 0 Å². The fraction of sp³-hybridized carbons (Fsp3) is 0.667. The topological polar surface area (TPSA) is 39.7 Å². The standard InChI is InChI=1S/C21H36N4S/c1-17-6-8-19(9-7-17)15-25-12-10-18(11-13-25)14-23-20(22-4)24-16-21(2,3)26-5/h6-9,18H,10-16H2,1-5H3,(H2,22,23,24). The van der Waals surface area contributed by atoms with Crippen molar-refractivity contribution in [2.75, 3.05) is 39.5 Å². The monoisotopic (exact) mass is 376 g/mol. The highest BCUT2D eigenvalue weighted by molar-refractivity contribution is 7.99. The van der Waals surface area contributed by atoms with Crippen LogP contribution in [0.3, 0.4) is 0 Å². The van der Waals surface area contributed by atoms with Crippen LogP contribution in [0.1, 0.15) is 37.8 Å². The molecule has 1 aromatic rings. The highest BCUT2D eigenvalue weighted by atomic mass is 32.2. The maximum absolute atomic E-state index is 4.36. The van der Waals surface area contributed by atoms with Crippen LogP contribution < -0.4 is 10.6 Å². The lowest BCUT2D eigenvalue weighted by Crippen LogP contribution is -2.45. The summed E-state index contributed by atoms with van der Waals surface area (Å²) in [6.45, 7) is 12.0. The molecule has 1 aromatic carbocycles. The quantitative estimate of drug-likeness (QED) is 0.564. The Morgan fingerprint density at radius 3 is 2.42 bits per heavy atom. The van der Waals surface area contributed by atoms with Gasteiger partial charge in [-0.1, -0.05) is 29.8 Å². The van der Waals surface area contributed by atoms with Crippen LogP contribution in [0.2, 0.25) is 0 Å². The van der Waals surface area contributed by atoms with E-state index in [-0.39, 0.29) is 4.75 Å². The van der Waals surface area contributed by atoms with Crippen molar-refractivity contribution in [3.63, 3.8) is 0 Å². The zero-order valence-corrected chi connectivity index (χ0v) is 18.0. The number of piperidine rings is 1. The van der Waals surface area contributed by atoms with Gasteiger partial charge in [0.1, 0.15) is 0 Å². The van der Waals surface area contributed by atoms with E-state index in [1.807, 2.05) is 18.8 Å². The minimum atomic E-state index is 0.221. The second-order valence-corrected chi connectivity index (χ2v) is 9.49. The van der Waals surface area contributed by atoms with Crippen LogP contribution in [0.15, 0.2) is 29.3 Å². The van der Waals surface area contributed by atoms with E-state index < -0.39 is 0 Å². The molecular weight excluding hydrogens is 340 g/mol. The Morgan fingerprint density at radius 1 is 1.19 bits per heavy atom. The number of guanidine groups is 1. The van der Waals surface area contributed by atoms with Gasteiger partial charge in [-0.3, -0.25) is 9.89 Å². The van der Waals surface area contributed by atoms with Gasteiger partial charge in [0, 0.05) is 31.4 Å². The van der Waals surface area contributed by atoms with Crippen LogP contribution >= 0.6 is 11.8 Å². The van der Waals surface area contributed by atoms with Crippen LogP contribution in [-0.2, 0) is 6.54 Å². The maximum Gasteiger partial charge on any atom is 0.191 e. The summed E-state index contributed by atoms with van der Waals surface area (Å²) in [5, 5.41) is 6.97. The molecule has 0 aromatic heterocycles. The lowest BCUT2D eigenvalue weighted by Gasteiger charge is -2.32. The summed E-state index contributed by atoms with van der Waals surface area (Å²) in [4.78, 5) is 6.94. The van der Waals surface area contributed by atoms with Crippen molar-refractivity contribution >= 4 is 17.7 Å². The Balaban J connectivity index is 1.68. The van der Waals surface area contributed by atoms with Crippen LogP contribution in [0.25, 0.3) is 0 Å². The summed E-state index contributed by atoms with van der Waals surface area (Å²) in [5.74, 6) is 1.66. The first kappa shape index (κ1) is 21.1. The Kier molecular flexibility index (Phi) is 8.29. The highest BCUT2D eigenvalue weighted by Gasteiger charge is 2.20. The molecular formula is C21H36N4S. The van der Waals surface area contributed by atoms with Crippen molar-refractivity contribution < 1.29 is 0 Å². The van der Waals surface area contributed by atoms with E-state index in [4.69, 9.17) is 0 Å². The van der Waals surface area contributed by atoms with E-state index in [0.717, 1.165) is 31.5 Å². The van der Waals surface area contributed by atoms with Gasteiger partial charge in [0.2, 0.25) is 0 Å². The number of rotatable bonds is 7. The number of nitrogens with one attached hydrogen (secondary N) is 2. The number of nitrogens with zero attached hydrogens (tertiary/aromatic N) is 2. The molecule has 0 aliphatic carbocycles. The molecule has 0 atom stereocenters. The highest BCUT2D eigenvalue weighted by Crippen LogP contribution is 2.20. The Bertz CT molecular complexity index is 560. The zero-order valence-electron chi connectivity index (χ0n) is 17.1. The lowest BCUT2D eigenvalue weighted by molar-refractivity contribution is 0.178. The molecule has 0 bridgehead atoms. The van der Waals surface area contributed by atoms with Gasteiger partial charge >= 0.3 is 0 Å². The summed E-state index contributed by atoms with van der Waals surface area (Å²) < 4.78 is 0.221. The molecule has 5 heteroatoms. The van der Waals surface area contributed by atoms with Crippen molar-refractivity contribution in [3.05, 3.63) is 35.4 Å². The van der Waals surface area contributed by atoms with Crippen molar-refractivity contribution in [2.24, 2.45) is 10.9 Å². The third-order valence-electron chi connectivity index (χ3n) is 5.25. The number of aryl methyl sites for hydroxylation is 1. The molecule has 1 fully saturated rings. The third-order valence-corrected chi connectivity index (χ3v) is 6.50. The first-order valence-electron chi connectivity index (χ1n) is 9.69. The van der Waals surface area contributed by atoms with E-state index >= 15 is 0 Å². The molecule has 2 rings (SSSR count). The van der Waals surface area contributed by atoms with Gasteiger partial charge in [-0.2, -0.15) is 11.8 Å². The van der Waals surface area contributed by atoms with Crippen molar-refractivity contribution in [1.29, 1.82) is 0 Å². The van der Waals surface area contributed by atoms with Crippen LogP contribution in [0.5, 0.6) is 0 Å². The molecule has 2 N–H and O–H groups in total. The van der Waals surface area contributed by atoms with Crippen molar-refractivity contribution in [1.82, 2.24) is 15.5 Å². The SMILES string of the molecule is CN=C(NCC1CCN(Cc2ccc(C)cc2)CC1)NCC(C)(C)SC. The third kappa shape index (κ3) is 7.20. The summed E-state index contributed by atoms with van der Waals surface area (Å²) in [6, 6.07) is 8.94. The van der Waals surface area contributed by atoms with Gasteiger partial charge < -0.3 is 10.6 Å². The molecule has 0 spiro atoms. The Morgan fingerprint density at radius 2 is 1.85 bits per heavy atom. The van der Waals surface area contributed by atoms with Crippen LogP contribution in [0, 0.1) is 12.8 Å². The summed E-state index contributed by atoms with van der Waals surface area (Å²) >= 11 is 1.88. The number of hydrogen-bond donors (Lipinski definition) is 2. The van der Waals surface area contributed by atoms with Gasteiger partial charge in [0.05, 0.1) is 0 Å². The fourth-order valence-electron chi connectivity index (χ4n) is 3.13. The average molecular weight is 377 g/mol. The van der Waals surface area contributed by atoms with Gasteiger partial charge in [0.15, 0.2) is 5.96 Å². The maximum atomic E-state index is 4.36. The molecule has 0 unspecified atom stereocenters. The number of likely N-dealkylation sites (tertiary alicyclic amines) is 1. The predicted octanol–water partition coefficient (Wildman–Crippen LogP) is 3.51. The minimum absolute atomic E-state index is 0.221. The first-order chi connectivity index (χ1) is 12.4. The number of hydrogen-bond acceptors (Lipinski definition) is 3. The van der Waals surface area contributed by atoms with E-state index in [9.17, 15) is 0 Å². The van der Waals surface area contributed by atoms with Gasteiger partial charge in [0.25, 0.3) is 0 Å². The number of benzene rings is 1. The molecule has 1 aliphatic rings. The molecule has 26 heavy (non-hydrogen) atoms. The molecule has 146 valence electrons. The van der Waals surface area contributed by atoms with E-state index in [0.29, 0.717) is 0 Å². The van der Waals surface area contributed by atoms with Crippen molar-refractivity contribution in [2.45, 2.75) is 44.9 Å². The minimum Gasteiger partial charge on any atom is -0.356 e. The molecule has 4 nitrogen and oxygen atoms in total. The number of aliphatic imine (C=N–C) groups is 1. The zero-order chi connectivity index (χ0) is 19.0. The van der Waals surface area contributed by atoms with E-state index in [1.165, 1.54) is 37.1 Å².